The van der Waals surface area contributed by atoms with Crippen LogP contribution < -0.4 is 5.32 Å². The fourth-order valence-electron chi connectivity index (χ4n) is 1.78. The summed E-state index contributed by atoms with van der Waals surface area (Å²) in [5, 5.41) is 13.6. The highest BCUT2D eigenvalue weighted by Gasteiger charge is 2.15. The van der Waals surface area contributed by atoms with Gasteiger partial charge in [0.15, 0.2) is 0 Å². The van der Waals surface area contributed by atoms with Crippen LogP contribution >= 0.6 is 0 Å². The molecule has 1 aromatic carbocycles. The molecule has 1 heterocycles. The van der Waals surface area contributed by atoms with Crippen molar-refractivity contribution in [2.75, 3.05) is 0 Å². The van der Waals surface area contributed by atoms with E-state index in [-0.39, 0.29) is 18.0 Å². The van der Waals surface area contributed by atoms with Gasteiger partial charge in [-0.25, -0.2) is 0 Å². The lowest BCUT2D eigenvalue weighted by atomic mass is 10.1. The van der Waals surface area contributed by atoms with E-state index in [1.807, 2.05) is 6.07 Å². The molecule has 6 nitrogen and oxygen atoms in total. The van der Waals surface area contributed by atoms with Gasteiger partial charge in [-0.05, 0) is 11.6 Å². The molecule has 0 unspecified atom stereocenters. The minimum absolute atomic E-state index is 0.0165. The molecule has 0 radical (unpaired) electrons. The number of carbonyl (C=O) groups is 1. The summed E-state index contributed by atoms with van der Waals surface area (Å²) in [4.78, 5) is 26.1. The molecule has 102 valence electrons. The zero-order valence-electron chi connectivity index (χ0n) is 10.7. The number of hydrogen-bond donors (Lipinski definition) is 1. The van der Waals surface area contributed by atoms with Crippen molar-refractivity contribution in [1.82, 2.24) is 10.3 Å². The van der Waals surface area contributed by atoms with Gasteiger partial charge in [0.25, 0.3) is 5.69 Å². The van der Waals surface area contributed by atoms with Crippen LogP contribution in [-0.2, 0) is 17.8 Å². The zero-order chi connectivity index (χ0) is 14.4. The van der Waals surface area contributed by atoms with Crippen LogP contribution in [0.15, 0.2) is 48.8 Å². The zero-order valence-corrected chi connectivity index (χ0v) is 10.7. The number of nitrogens with zero attached hydrogens (tertiary/aromatic N) is 2. The molecular formula is C14H13N3O3. The van der Waals surface area contributed by atoms with E-state index in [9.17, 15) is 14.9 Å². The third kappa shape index (κ3) is 3.61. The maximum absolute atomic E-state index is 11.8. The number of carbonyl (C=O) groups excluding carboxylic acids is 1. The minimum atomic E-state index is -0.482. The summed E-state index contributed by atoms with van der Waals surface area (Å²) in [7, 11) is 0. The van der Waals surface area contributed by atoms with E-state index in [1.54, 1.807) is 36.7 Å². The fourth-order valence-corrected chi connectivity index (χ4v) is 1.78. The Kier molecular flexibility index (Phi) is 4.39. The first-order chi connectivity index (χ1) is 9.66. The quantitative estimate of drug-likeness (QED) is 0.664. The maximum Gasteiger partial charge on any atom is 0.273 e. The summed E-state index contributed by atoms with van der Waals surface area (Å²) >= 11 is 0. The van der Waals surface area contributed by atoms with E-state index >= 15 is 0 Å². The monoisotopic (exact) mass is 271 g/mol. The average Bonchev–Trinajstić information content (AvgIpc) is 2.46. The van der Waals surface area contributed by atoms with Crippen LogP contribution in [0.25, 0.3) is 0 Å². The largest absolute Gasteiger partial charge is 0.352 e. The van der Waals surface area contributed by atoms with Crippen LogP contribution in [0.2, 0.25) is 0 Å². The minimum Gasteiger partial charge on any atom is -0.352 e. The van der Waals surface area contributed by atoms with Gasteiger partial charge in [-0.1, -0.05) is 24.3 Å². The summed E-state index contributed by atoms with van der Waals surface area (Å²) in [5.74, 6) is -0.261. The first kappa shape index (κ1) is 13.7. The SMILES string of the molecule is O=C(Cc1ccccc1[N+](=O)[O-])NCc1cccnc1. The first-order valence-corrected chi connectivity index (χ1v) is 6.04. The lowest BCUT2D eigenvalue weighted by Gasteiger charge is -2.05. The van der Waals surface area contributed by atoms with Crippen LogP contribution in [-0.4, -0.2) is 15.8 Å². The number of benzene rings is 1. The lowest BCUT2D eigenvalue weighted by molar-refractivity contribution is -0.385. The molecule has 0 saturated carbocycles. The summed E-state index contributed by atoms with van der Waals surface area (Å²) in [6, 6.07) is 9.86. The average molecular weight is 271 g/mol. The first-order valence-electron chi connectivity index (χ1n) is 6.04. The van der Waals surface area contributed by atoms with Crippen LogP contribution in [0.5, 0.6) is 0 Å². The molecule has 20 heavy (non-hydrogen) atoms. The number of amides is 1. The third-order valence-electron chi connectivity index (χ3n) is 2.75. The van der Waals surface area contributed by atoms with Gasteiger partial charge in [0.1, 0.15) is 0 Å². The molecule has 0 aliphatic heterocycles. The van der Waals surface area contributed by atoms with Crippen molar-refractivity contribution in [3.05, 3.63) is 70.0 Å². The molecule has 0 aliphatic rings. The molecule has 0 fully saturated rings. The highest BCUT2D eigenvalue weighted by atomic mass is 16.6. The standard InChI is InChI=1S/C14H13N3O3/c18-14(16-10-11-4-3-7-15-9-11)8-12-5-1-2-6-13(12)17(19)20/h1-7,9H,8,10H2,(H,16,18). The molecule has 2 rings (SSSR count). The lowest BCUT2D eigenvalue weighted by Crippen LogP contribution is -2.24. The van der Waals surface area contributed by atoms with E-state index in [0.717, 1.165) is 5.56 Å². The molecule has 1 aromatic heterocycles. The number of rotatable bonds is 5. The van der Waals surface area contributed by atoms with Crippen molar-refractivity contribution in [1.29, 1.82) is 0 Å². The Hall–Kier alpha value is -2.76. The van der Waals surface area contributed by atoms with Gasteiger partial charge in [-0.3, -0.25) is 19.9 Å². The maximum atomic E-state index is 11.8. The van der Waals surface area contributed by atoms with Crippen molar-refractivity contribution >= 4 is 11.6 Å². The summed E-state index contributed by atoms with van der Waals surface area (Å²) in [6.07, 6.45) is 3.29. The van der Waals surface area contributed by atoms with Crippen molar-refractivity contribution in [2.24, 2.45) is 0 Å². The third-order valence-corrected chi connectivity index (χ3v) is 2.75. The van der Waals surface area contributed by atoms with E-state index in [2.05, 4.69) is 10.3 Å². The van der Waals surface area contributed by atoms with Gasteiger partial charge in [0.2, 0.25) is 5.91 Å². The van der Waals surface area contributed by atoms with Gasteiger partial charge >= 0.3 is 0 Å². The van der Waals surface area contributed by atoms with Gasteiger partial charge in [0.05, 0.1) is 11.3 Å². The number of nitro benzene ring substituents is 1. The Balaban J connectivity index is 1.97. The Bertz CT molecular complexity index is 614. The Morgan fingerprint density at radius 1 is 1.25 bits per heavy atom. The smallest absolute Gasteiger partial charge is 0.273 e. The number of hydrogen-bond acceptors (Lipinski definition) is 4. The summed E-state index contributed by atoms with van der Waals surface area (Å²) in [5.41, 5.74) is 1.24. The molecule has 0 bridgehead atoms. The number of nitro groups is 1. The highest BCUT2D eigenvalue weighted by Crippen LogP contribution is 2.17. The molecule has 0 saturated heterocycles. The normalized spacial score (nSPS) is 10.0. The van der Waals surface area contributed by atoms with Gasteiger partial charge in [-0.2, -0.15) is 0 Å². The van der Waals surface area contributed by atoms with Crippen molar-refractivity contribution in [2.45, 2.75) is 13.0 Å². The molecule has 0 atom stereocenters. The molecule has 1 N–H and O–H groups in total. The molecular weight excluding hydrogens is 258 g/mol. The Morgan fingerprint density at radius 3 is 2.75 bits per heavy atom. The van der Waals surface area contributed by atoms with E-state index in [4.69, 9.17) is 0 Å². The molecule has 6 heteroatoms. The highest BCUT2D eigenvalue weighted by molar-refractivity contribution is 5.79. The second kappa shape index (κ2) is 6.42. The van der Waals surface area contributed by atoms with E-state index in [1.165, 1.54) is 6.07 Å². The van der Waals surface area contributed by atoms with Crippen LogP contribution in [0, 0.1) is 10.1 Å². The molecule has 2 aromatic rings. The number of nitrogens with one attached hydrogen (secondary N) is 1. The van der Waals surface area contributed by atoms with E-state index in [0.29, 0.717) is 12.1 Å². The van der Waals surface area contributed by atoms with Gasteiger partial charge in [0, 0.05) is 30.6 Å². The second-order valence-electron chi connectivity index (χ2n) is 4.20. The van der Waals surface area contributed by atoms with Crippen LogP contribution in [0.3, 0.4) is 0 Å². The fraction of sp³-hybridized carbons (Fsp3) is 0.143. The predicted octanol–water partition coefficient (Wildman–Crippen LogP) is 1.85. The second-order valence-corrected chi connectivity index (χ2v) is 4.20. The Labute approximate surface area is 115 Å². The topological polar surface area (TPSA) is 85.1 Å². The molecule has 1 amide bonds. The summed E-state index contributed by atoms with van der Waals surface area (Å²) in [6.45, 7) is 0.354. The predicted molar refractivity (Wildman–Crippen MR) is 72.9 cm³/mol. The van der Waals surface area contributed by atoms with Crippen molar-refractivity contribution in [3.63, 3.8) is 0 Å². The number of pyridine rings is 1. The molecule has 0 aliphatic carbocycles. The number of aromatic nitrogens is 1. The van der Waals surface area contributed by atoms with Gasteiger partial charge < -0.3 is 5.32 Å². The van der Waals surface area contributed by atoms with Crippen molar-refractivity contribution < 1.29 is 9.72 Å². The van der Waals surface area contributed by atoms with Crippen LogP contribution in [0.4, 0.5) is 5.69 Å². The van der Waals surface area contributed by atoms with Gasteiger partial charge in [-0.15, -0.1) is 0 Å². The number of para-hydroxylation sites is 1. The summed E-state index contributed by atoms with van der Waals surface area (Å²) < 4.78 is 0. The van der Waals surface area contributed by atoms with Crippen LogP contribution in [0.1, 0.15) is 11.1 Å². The molecule has 0 spiro atoms. The van der Waals surface area contributed by atoms with Crippen molar-refractivity contribution in [3.8, 4) is 0 Å². The van der Waals surface area contributed by atoms with E-state index < -0.39 is 4.92 Å². The Morgan fingerprint density at radius 2 is 2.05 bits per heavy atom.